The minimum atomic E-state index is 0. The number of rotatable bonds is 5. The molecule has 5 nitrogen and oxygen atoms in total. The number of hydrogen-bond donors (Lipinski definition) is 1. The van der Waals surface area contributed by atoms with Crippen molar-refractivity contribution >= 4 is 30.7 Å². The van der Waals surface area contributed by atoms with Gasteiger partial charge in [-0.05, 0) is 25.7 Å². The summed E-state index contributed by atoms with van der Waals surface area (Å²) in [5, 5.41) is 0. The summed E-state index contributed by atoms with van der Waals surface area (Å²) in [6.45, 7) is 3.64. The topological polar surface area (TPSA) is 72.4 Å². The van der Waals surface area contributed by atoms with Crippen LogP contribution in [-0.4, -0.2) is 34.9 Å². The molecule has 0 radical (unpaired) electrons. The molecule has 1 aromatic carbocycles. The number of piperidine rings is 1. The lowest BCUT2D eigenvalue weighted by molar-refractivity contribution is -0.133. The van der Waals surface area contributed by atoms with Gasteiger partial charge in [0.1, 0.15) is 0 Å². The molecule has 0 bridgehead atoms. The third-order valence-corrected chi connectivity index (χ3v) is 4.72. The van der Waals surface area contributed by atoms with E-state index in [1.807, 2.05) is 42.2 Å². The highest BCUT2D eigenvalue weighted by Gasteiger charge is 2.25. The van der Waals surface area contributed by atoms with E-state index >= 15 is 0 Å². The minimum Gasteiger partial charge on any atom is -0.441 e. The van der Waals surface area contributed by atoms with Gasteiger partial charge in [0.2, 0.25) is 5.91 Å². The molecule has 2 unspecified atom stereocenters. The third kappa shape index (κ3) is 5.73. The summed E-state index contributed by atoms with van der Waals surface area (Å²) >= 11 is 0. The average molecular weight is 400 g/mol. The SMILES string of the molecule is CC(N)C1CCCN(C(=O)CCc2ncc(-c3ccccc3)o2)C1.Cl.Cl. The number of amides is 1. The van der Waals surface area contributed by atoms with Crippen LogP contribution in [0.3, 0.4) is 0 Å². The maximum absolute atomic E-state index is 12.4. The Morgan fingerprint density at radius 2 is 2.08 bits per heavy atom. The van der Waals surface area contributed by atoms with Crippen LogP contribution in [0.15, 0.2) is 40.9 Å². The molecule has 1 fully saturated rings. The van der Waals surface area contributed by atoms with E-state index in [2.05, 4.69) is 4.98 Å². The molecular formula is C19H27Cl2N3O2. The monoisotopic (exact) mass is 399 g/mol. The predicted octanol–water partition coefficient (Wildman–Crippen LogP) is 3.70. The number of benzene rings is 1. The molecule has 2 N–H and O–H groups in total. The summed E-state index contributed by atoms with van der Waals surface area (Å²) < 4.78 is 5.76. The quantitative estimate of drug-likeness (QED) is 0.831. The first kappa shape index (κ1) is 22.5. The van der Waals surface area contributed by atoms with Crippen molar-refractivity contribution < 1.29 is 9.21 Å². The highest BCUT2D eigenvalue weighted by atomic mass is 35.5. The van der Waals surface area contributed by atoms with Crippen LogP contribution in [0, 0.1) is 5.92 Å². The molecular weight excluding hydrogens is 373 g/mol. The number of nitrogens with zero attached hydrogens (tertiary/aromatic N) is 2. The van der Waals surface area contributed by atoms with Gasteiger partial charge in [-0.2, -0.15) is 0 Å². The fourth-order valence-electron chi connectivity index (χ4n) is 3.20. The van der Waals surface area contributed by atoms with E-state index in [-0.39, 0.29) is 36.8 Å². The highest BCUT2D eigenvalue weighted by molar-refractivity contribution is 5.85. The molecule has 1 aliphatic heterocycles. The Morgan fingerprint density at radius 3 is 2.77 bits per heavy atom. The van der Waals surface area contributed by atoms with Crippen LogP contribution >= 0.6 is 24.8 Å². The van der Waals surface area contributed by atoms with E-state index in [1.165, 1.54) is 0 Å². The van der Waals surface area contributed by atoms with Crippen molar-refractivity contribution in [3.63, 3.8) is 0 Å². The Bertz CT molecular complexity index is 676. The summed E-state index contributed by atoms with van der Waals surface area (Å²) in [7, 11) is 0. The molecule has 1 saturated heterocycles. The third-order valence-electron chi connectivity index (χ3n) is 4.72. The molecule has 2 heterocycles. The van der Waals surface area contributed by atoms with Gasteiger partial charge in [0.25, 0.3) is 0 Å². The fourth-order valence-corrected chi connectivity index (χ4v) is 3.20. The van der Waals surface area contributed by atoms with Gasteiger partial charge in [-0.25, -0.2) is 4.98 Å². The van der Waals surface area contributed by atoms with Gasteiger partial charge in [0.05, 0.1) is 6.20 Å². The van der Waals surface area contributed by atoms with E-state index in [0.29, 0.717) is 24.7 Å². The molecule has 0 saturated carbocycles. The zero-order valence-corrected chi connectivity index (χ0v) is 16.6. The second kappa shape index (κ2) is 10.6. The first-order chi connectivity index (χ1) is 11.6. The molecule has 1 amide bonds. The molecule has 3 rings (SSSR count). The number of likely N-dealkylation sites (tertiary alicyclic amines) is 1. The lowest BCUT2D eigenvalue weighted by atomic mass is 9.92. The van der Waals surface area contributed by atoms with Crippen molar-refractivity contribution in [1.82, 2.24) is 9.88 Å². The first-order valence-electron chi connectivity index (χ1n) is 8.67. The van der Waals surface area contributed by atoms with Crippen molar-refractivity contribution in [2.75, 3.05) is 13.1 Å². The maximum atomic E-state index is 12.4. The van der Waals surface area contributed by atoms with Gasteiger partial charge in [0.15, 0.2) is 11.7 Å². The van der Waals surface area contributed by atoms with Gasteiger partial charge in [0, 0.05) is 37.5 Å². The molecule has 0 spiro atoms. The Morgan fingerprint density at radius 1 is 1.35 bits per heavy atom. The average Bonchev–Trinajstić information content (AvgIpc) is 3.09. The minimum absolute atomic E-state index is 0. The largest absolute Gasteiger partial charge is 0.441 e. The van der Waals surface area contributed by atoms with Crippen molar-refractivity contribution in [1.29, 1.82) is 0 Å². The van der Waals surface area contributed by atoms with Crippen LogP contribution in [0.2, 0.25) is 0 Å². The second-order valence-electron chi connectivity index (χ2n) is 6.59. The Balaban J connectivity index is 0.00000169. The predicted molar refractivity (Wildman–Crippen MR) is 108 cm³/mol. The number of aryl methyl sites for hydroxylation is 1. The van der Waals surface area contributed by atoms with Gasteiger partial charge >= 0.3 is 0 Å². The second-order valence-corrected chi connectivity index (χ2v) is 6.59. The Hall–Kier alpha value is -1.56. The maximum Gasteiger partial charge on any atom is 0.223 e. The highest BCUT2D eigenvalue weighted by Crippen LogP contribution is 2.22. The number of hydrogen-bond acceptors (Lipinski definition) is 4. The fraction of sp³-hybridized carbons (Fsp3) is 0.474. The van der Waals surface area contributed by atoms with Crippen LogP contribution in [-0.2, 0) is 11.2 Å². The number of carbonyl (C=O) groups is 1. The Kier molecular flexibility index (Phi) is 9.13. The first-order valence-corrected chi connectivity index (χ1v) is 8.67. The molecule has 7 heteroatoms. The van der Waals surface area contributed by atoms with Crippen molar-refractivity contribution in [3.8, 4) is 11.3 Å². The summed E-state index contributed by atoms with van der Waals surface area (Å²) in [6.07, 6.45) is 4.84. The summed E-state index contributed by atoms with van der Waals surface area (Å²) in [4.78, 5) is 18.7. The van der Waals surface area contributed by atoms with Crippen molar-refractivity contribution in [2.24, 2.45) is 11.7 Å². The van der Waals surface area contributed by atoms with E-state index < -0.39 is 0 Å². The van der Waals surface area contributed by atoms with Crippen LogP contribution < -0.4 is 5.73 Å². The molecule has 0 aliphatic carbocycles. The normalized spacial score (nSPS) is 17.8. The zero-order valence-electron chi connectivity index (χ0n) is 15.0. The van der Waals surface area contributed by atoms with Crippen LogP contribution in [0.5, 0.6) is 0 Å². The van der Waals surface area contributed by atoms with E-state index in [1.54, 1.807) is 6.20 Å². The van der Waals surface area contributed by atoms with Crippen LogP contribution in [0.25, 0.3) is 11.3 Å². The van der Waals surface area contributed by atoms with E-state index in [0.717, 1.165) is 37.3 Å². The summed E-state index contributed by atoms with van der Waals surface area (Å²) in [5.74, 6) is 1.94. The van der Waals surface area contributed by atoms with Crippen LogP contribution in [0.4, 0.5) is 0 Å². The molecule has 2 aromatic rings. The number of aromatic nitrogens is 1. The van der Waals surface area contributed by atoms with Gasteiger partial charge in [-0.15, -0.1) is 24.8 Å². The molecule has 26 heavy (non-hydrogen) atoms. The smallest absolute Gasteiger partial charge is 0.223 e. The molecule has 1 aromatic heterocycles. The zero-order chi connectivity index (χ0) is 16.9. The number of oxazole rings is 1. The van der Waals surface area contributed by atoms with Gasteiger partial charge in [-0.1, -0.05) is 30.3 Å². The molecule has 144 valence electrons. The summed E-state index contributed by atoms with van der Waals surface area (Å²) in [6, 6.07) is 10.0. The summed E-state index contributed by atoms with van der Waals surface area (Å²) in [5.41, 5.74) is 6.99. The van der Waals surface area contributed by atoms with Crippen molar-refractivity contribution in [2.45, 2.75) is 38.6 Å². The number of halogens is 2. The van der Waals surface area contributed by atoms with E-state index in [9.17, 15) is 4.79 Å². The molecule has 1 aliphatic rings. The van der Waals surface area contributed by atoms with E-state index in [4.69, 9.17) is 10.2 Å². The van der Waals surface area contributed by atoms with Crippen molar-refractivity contribution in [3.05, 3.63) is 42.4 Å². The standard InChI is InChI=1S/C19H25N3O2.2ClH/c1-14(20)16-8-5-11-22(13-16)19(23)10-9-18-21-12-17(24-18)15-6-3-2-4-7-15;;/h2-4,6-7,12,14,16H,5,8-11,13,20H2,1H3;2*1H. The number of nitrogens with two attached hydrogens (primary N) is 1. The lowest BCUT2D eigenvalue weighted by Gasteiger charge is -2.34. The number of carbonyl (C=O) groups excluding carboxylic acids is 1. The van der Waals surface area contributed by atoms with Gasteiger partial charge in [-0.3, -0.25) is 4.79 Å². The van der Waals surface area contributed by atoms with Crippen LogP contribution in [0.1, 0.15) is 32.1 Å². The van der Waals surface area contributed by atoms with Gasteiger partial charge < -0.3 is 15.1 Å². The molecule has 2 atom stereocenters. The lowest BCUT2D eigenvalue weighted by Crippen LogP contribution is -2.45. The Labute approximate surface area is 167 Å².